The largest absolute Gasteiger partial charge is 0.461 e. The fourth-order valence-electron chi connectivity index (χ4n) is 2.78. The van der Waals surface area contributed by atoms with Gasteiger partial charge in [-0.2, -0.15) is 0 Å². The van der Waals surface area contributed by atoms with Gasteiger partial charge in [0.2, 0.25) is 0 Å². The van der Waals surface area contributed by atoms with Crippen LogP contribution in [0.3, 0.4) is 0 Å². The highest BCUT2D eigenvalue weighted by Gasteiger charge is 2.21. The summed E-state index contributed by atoms with van der Waals surface area (Å²) in [5, 5.41) is 0.945. The molecule has 0 saturated heterocycles. The quantitative estimate of drug-likeness (QED) is 0.460. The van der Waals surface area contributed by atoms with Crippen LogP contribution in [0.25, 0.3) is 10.9 Å². The van der Waals surface area contributed by atoms with E-state index in [4.69, 9.17) is 32.7 Å². The molecule has 8 heteroatoms. The van der Waals surface area contributed by atoms with Gasteiger partial charge in [0.05, 0.1) is 13.2 Å². The van der Waals surface area contributed by atoms with Crippen molar-refractivity contribution < 1.29 is 19.1 Å². The van der Waals surface area contributed by atoms with Crippen LogP contribution in [-0.2, 0) is 16.1 Å². The van der Waals surface area contributed by atoms with Gasteiger partial charge in [-0.1, -0.05) is 41.4 Å². The van der Waals surface area contributed by atoms with Crippen molar-refractivity contribution in [3.05, 3.63) is 58.0 Å². The molecule has 27 heavy (non-hydrogen) atoms. The number of halogens is 2. The van der Waals surface area contributed by atoms with Crippen LogP contribution in [-0.4, -0.2) is 28.1 Å². The predicted molar refractivity (Wildman–Crippen MR) is 103 cm³/mol. The first-order chi connectivity index (χ1) is 12.9. The molecular formula is C19H16Cl2N2O4. The number of fused-ring (bicyclic) bond motifs is 1. The van der Waals surface area contributed by atoms with Crippen molar-refractivity contribution >= 4 is 46.0 Å². The van der Waals surface area contributed by atoms with E-state index in [0.29, 0.717) is 11.3 Å². The molecule has 0 radical (unpaired) electrons. The zero-order valence-corrected chi connectivity index (χ0v) is 16.2. The molecule has 2 heterocycles. The molecule has 0 aliphatic carbocycles. The first-order valence-electron chi connectivity index (χ1n) is 8.19. The van der Waals surface area contributed by atoms with Gasteiger partial charge in [0, 0.05) is 29.6 Å². The maximum Gasteiger partial charge on any atom is 0.354 e. The standard InChI is InChI=1S/C19H16Cl2N2O4/c1-3-26-19(25)15-8-12-6-4-5-7-14(12)23(15)10-13-9-22-18(21)16(20)17(13)27-11(2)24/h4-9H,3,10H2,1-2H3. The molecule has 3 aromatic rings. The smallest absolute Gasteiger partial charge is 0.354 e. The van der Waals surface area contributed by atoms with Gasteiger partial charge < -0.3 is 14.0 Å². The summed E-state index contributed by atoms with van der Waals surface area (Å²) in [6.07, 6.45) is 1.47. The second kappa shape index (κ2) is 7.98. The molecule has 0 spiro atoms. The van der Waals surface area contributed by atoms with E-state index in [1.165, 1.54) is 13.1 Å². The monoisotopic (exact) mass is 406 g/mol. The molecule has 0 bridgehead atoms. The molecule has 6 nitrogen and oxygen atoms in total. The van der Waals surface area contributed by atoms with Gasteiger partial charge in [-0.25, -0.2) is 9.78 Å². The lowest BCUT2D eigenvalue weighted by molar-refractivity contribution is -0.131. The van der Waals surface area contributed by atoms with E-state index in [9.17, 15) is 9.59 Å². The number of esters is 2. The van der Waals surface area contributed by atoms with Crippen molar-refractivity contribution in [3.63, 3.8) is 0 Å². The summed E-state index contributed by atoms with van der Waals surface area (Å²) in [5.74, 6) is -0.865. The van der Waals surface area contributed by atoms with Crippen molar-refractivity contribution in [1.29, 1.82) is 0 Å². The summed E-state index contributed by atoms with van der Waals surface area (Å²) < 4.78 is 12.2. The highest BCUT2D eigenvalue weighted by Crippen LogP contribution is 2.35. The Morgan fingerprint density at radius 2 is 1.96 bits per heavy atom. The van der Waals surface area contributed by atoms with E-state index >= 15 is 0 Å². The number of rotatable bonds is 5. The number of hydrogen-bond acceptors (Lipinski definition) is 5. The Bertz CT molecular complexity index is 1030. The van der Waals surface area contributed by atoms with E-state index < -0.39 is 11.9 Å². The maximum absolute atomic E-state index is 12.4. The van der Waals surface area contributed by atoms with Crippen molar-refractivity contribution in [2.45, 2.75) is 20.4 Å². The van der Waals surface area contributed by atoms with Crippen LogP contribution in [0.15, 0.2) is 36.5 Å². The number of benzene rings is 1. The molecule has 0 unspecified atom stereocenters. The fourth-order valence-corrected chi connectivity index (χ4v) is 3.12. The molecule has 140 valence electrons. The summed E-state index contributed by atoms with van der Waals surface area (Å²) in [5.41, 5.74) is 1.70. The minimum atomic E-state index is -0.539. The predicted octanol–water partition coefficient (Wildman–Crippen LogP) is 4.49. The molecule has 3 rings (SSSR count). The fraction of sp³-hybridized carbons (Fsp3) is 0.211. The van der Waals surface area contributed by atoms with E-state index in [1.54, 1.807) is 17.6 Å². The first kappa shape index (κ1) is 19.2. The van der Waals surface area contributed by atoms with Crippen molar-refractivity contribution in [3.8, 4) is 5.75 Å². The number of pyridine rings is 1. The summed E-state index contributed by atoms with van der Waals surface area (Å²) >= 11 is 12.1. The van der Waals surface area contributed by atoms with Gasteiger partial charge in [0.1, 0.15) is 10.7 Å². The molecule has 0 N–H and O–H groups in total. The van der Waals surface area contributed by atoms with Gasteiger partial charge in [-0.3, -0.25) is 4.79 Å². The van der Waals surface area contributed by atoms with Gasteiger partial charge in [0.15, 0.2) is 10.9 Å². The second-order valence-electron chi connectivity index (χ2n) is 5.71. The summed E-state index contributed by atoms with van der Waals surface area (Å²) in [6, 6.07) is 9.29. The summed E-state index contributed by atoms with van der Waals surface area (Å²) in [7, 11) is 0. The number of aromatic nitrogens is 2. The Morgan fingerprint density at radius 1 is 1.22 bits per heavy atom. The number of carbonyl (C=O) groups excluding carboxylic acids is 2. The Morgan fingerprint density at radius 3 is 2.67 bits per heavy atom. The summed E-state index contributed by atoms with van der Waals surface area (Å²) in [4.78, 5) is 27.9. The molecule has 0 aliphatic heterocycles. The molecule has 0 fully saturated rings. The molecule has 0 saturated carbocycles. The van der Waals surface area contributed by atoms with Crippen molar-refractivity contribution in [2.75, 3.05) is 6.61 Å². The molecule has 0 aliphatic rings. The van der Waals surface area contributed by atoms with Gasteiger partial charge >= 0.3 is 11.9 Å². The molecular weight excluding hydrogens is 391 g/mol. The lowest BCUT2D eigenvalue weighted by Crippen LogP contribution is -2.14. The lowest BCUT2D eigenvalue weighted by atomic mass is 10.2. The third-order valence-corrected chi connectivity index (χ3v) is 4.61. The Hall–Kier alpha value is -2.57. The number of para-hydroxylation sites is 1. The van der Waals surface area contributed by atoms with E-state index in [1.807, 2.05) is 24.3 Å². The maximum atomic E-state index is 12.4. The topological polar surface area (TPSA) is 70.4 Å². The third kappa shape index (κ3) is 3.91. The Balaban J connectivity index is 2.14. The van der Waals surface area contributed by atoms with Crippen LogP contribution in [0.5, 0.6) is 5.75 Å². The highest BCUT2D eigenvalue weighted by molar-refractivity contribution is 6.42. The number of hydrogen-bond donors (Lipinski definition) is 0. The molecule has 1 aromatic carbocycles. The number of ether oxygens (including phenoxy) is 2. The SMILES string of the molecule is CCOC(=O)c1cc2ccccc2n1Cc1cnc(Cl)c(Cl)c1OC(C)=O. The Kier molecular flexibility index (Phi) is 5.68. The van der Waals surface area contributed by atoms with Gasteiger partial charge in [0.25, 0.3) is 0 Å². The van der Waals surface area contributed by atoms with E-state index in [-0.39, 0.29) is 29.1 Å². The average molecular weight is 407 g/mol. The summed E-state index contributed by atoms with van der Waals surface area (Å²) in [6.45, 7) is 3.46. The van der Waals surface area contributed by atoms with Crippen molar-refractivity contribution in [1.82, 2.24) is 9.55 Å². The van der Waals surface area contributed by atoms with E-state index in [2.05, 4.69) is 4.98 Å². The highest BCUT2D eigenvalue weighted by atomic mass is 35.5. The normalized spacial score (nSPS) is 10.8. The Labute approximate surface area is 165 Å². The zero-order chi connectivity index (χ0) is 19.6. The first-order valence-corrected chi connectivity index (χ1v) is 8.94. The average Bonchev–Trinajstić information content (AvgIpc) is 3.00. The van der Waals surface area contributed by atoms with Crippen LogP contribution in [0.4, 0.5) is 0 Å². The van der Waals surface area contributed by atoms with Crippen LogP contribution in [0, 0.1) is 0 Å². The minimum absolute atomic E-state index is 0.0275. The van der Waals surface area contributed by atoms with Gasteiger partial charge in [-0.05, 0) is 19.1 Å². The molecule has 0 amide bonds. The molecule has 2 aromatic heterocycles. The zero-order valence-electron chi connectivity index (χ0n) is 14.7. The number of carbonyl (C=O) groups is 2. The second-order valence-corrected chi connectivity index (χ2v) is 6.44. The number of nitrogens with zero attached hydrogens (tertiary/aromatic N) is 2. The van der Waals surface area contributed by atoms with Crippen LogP contribution in [0.2, 0.25) is 10.2 Å². The van der Waals surface area contributed by atoms with Crippen LogP contribution < -0.4 is 4.74 Å². The molecule has 0 atom stereocenters. The van der Waals surface area contributed by atoms with Crippen molar-refractivity contribution in [2.24, 2.45) is 0 Å². The third-order valence-electron chi connectivity index (χ3n) is 3.88. The van der Waals surface area contributed by atoms with Gasteiger partial charge in [-0.15, -0.1) is 0 Å². The minimum Gasteiger partial charge on any atom is -0.461 e. The van der Waals surface area contributed by atoms with E-state index in [0.717, 1.165) is 10.9 Å². The lowest BCUT2D eigenvalue weighted by Gasteiger charge is -2.14. The van der Waals surface area contributed by atoms with Crippen LogP contribution >= 0.6 is 23.2 Å². The van der Waals surface area contributed by atoms with Crippen LogP contribution in [0.1, 0.15) is 29.9 Å².